The first-order valence-corrected chi connectivity index (χ1v) is 4.94. The van der Waals surface area contributed by atoms with Crippen LogP contribution in [0.2, 0.25) is 0 Å². The third-order valence-electron chi connectivity index (χ3n) is 1.79. The van der Waals surface area contributed by atoms with E-state index in [1.807, 2.05) is 13.8 Å². The van der Waals surface area contributed by atoms with Gasteiger partial charge in [0.2, 0.25) is 5.91 Å². The Bertz CT molecular complexity index is 236. The van der Waals surface area contributed by atoms with Gasteiger partial charge in [-0.2, -0.15) is 0 Å². The van der Waals surface area contributed by atoms with Gasteiger partial charge in [0, 0.05) is 13.0 Å². The van der Waals surface area contributed by atoms with Crippen LogP contribution in [-0.4, -0.2) is 34.2 Å². The summed E-state index contributed by atoms with van der Waals surface area (Å²) in [6.07, 6.45) is -0.00188. The Morgan fingerprint density at radius 3 is 2.33 bits per heavy atom. The van der Waals surface area contributed by atoms with Crippen LogP contribution >= 0.6 is 0 Å². The van der Waals surface area contributed by atoms with Crippen molar-refractivity contribution in [2.24, 2.45) is 5.92 Å². The number of aliphatic hydroxyl groups is 1. The van der Waals surface area contributed by atoms with Gasteiger partial charge in [-0.25, -0.2) is 0 Å². The highest BCUT2D eigenvalue weighted by atomic mass is 16.4. The predicted molar refractivity (Wildman–Crippen MR) is 55.3 cm³/mol. The first-order chi connectivity index (χ1) is 6.73. The number of carbonyl (C=O) groups is 2. The highest BCUT2D eigenvalue weighted by Gasteiger charge is 2.24. The monoisotopic (exact) mass is 217 g/mol. The van der Waals surface area contributed by atoms with E-state index in [0.717, 1.165) is 0 Å². The van der Waals surface area contributed by atoms with Crippen molar-refractivity contribution in [2.75, 3.05) is 6.54 Å². The topological polar surface area (TPSA) is 86.6 Å². The van der Waals surface area contributed by atoms with Gasteiger partial charge < -0.3 is 15.5 Å². The maximum absolute atomic E-state index is 11.2. The number of hydrogen-bond acceptors (Lipinski definition) is 3. The molecule has 1 atom stereocenters. The molecule has 0 heterocycles. The summed E-state index contributed by atoms with van der Waals surface area (Å²) in [6, 6.07) is 0. The third kappa shape index (κ3) is 7.93. The van der Waals surface area contributed by atoms with Crippen LogP contribution in [0.1, 0.15) is 33.6 Å². The van der Waals surface area contributed by atoms with E-state index in [9.17, 15) is 14.7 Å². The fourth-order valence-electron chi connectivity index (χ4n) is 1.12. The molecular weight excluding hydrogens is 198 g/mol. The van der Waals surface area contributed by atoms with Crippen molar-refractivity contribution < 1.29 is 19.8 Å². The summed E-state index contributed by atoms with van der Waals surface area (Å²) in [6.45, 7) is 5.17. The lowest BCUT2D eigenvalue weighted by atomic mass is 10.0. The molecule has 0 aromatic carbocycles. The van der Waals surface area contributed by atoms with Crippen LogP contribution in [0.3, 0.4) is 0 Å². The molecule has 0 spiro atoms. The predicted octanol–water partition coefficient (Wildman–Crippen LogP) is 0.374. The van der Waals surface area contributed by atoms with Gasteiger partial charge in [0.1, 0.15) is 0 Å². The number of nitrogens with one attached hydrogen (secondary N) is 1. The molecule has 0 saturated carbocycles. The van der Waals surface area contributed by atoms with E-state index in [1.54, 1.807) is 0 Å². The second kappa shape index (κ2) is 5.70. The number of amides is 1. The number of aliphatic carboxylic acids is 1. The lowest BCUT2D eigenvalue weighted by Crippen LogP contribution is -2.42. The Morgan fingerprint density at radius 2 is 1.93 bits per heavy atom. The fraction of sp³-hybridized carbons (Fsp3) is 0.800. The number of rotatable bonds is 6. The maximum Gasteiger partial charge on any atom is 0.306 e. The van der Waals surface area contributed by atoms with Crippen LogP contribution in [0.15, 0.2) is 0 Å². The van der Waals surface area contributed by atoms with Crippen LogP contribution in [0.25, 0.3) is 0 Å². The van der Waals surface area contributed by atoms with E-state index in [0.29, 0.717) is 6.42 Å². The van der Waals surface area contributed by atoms with Gasteiger partial charge in [0.15, 0.2) is 0 Å². The first kappa shape index (κ1) is 13.9. The molecule has 0 rings (SSSR count). The fourth-order valence-corrected chi connectivity index (χ4v) is 1.12. The van der Waals surface area contributed by atoms with Crippen LogP contribution in [0, 0.1) is 5.92 Å². The molecule has 0 fully saturated rings. The molecule has 0 aliphatic carbocycles. The molecule has 88 valence electrons. The molecule has 3 N–H and O–H groups in total. The summed E-state index contributed by atoms with van der Waals surface area (Å²) in [4.78, 5) is 21.6. The highest BCUT2D eigenvalue weighted by Crippen LogP contribution is 2.08. The summed E-state index contributed by atoms with van der Waals surface area (Å²) in [5.74, 6) is -1.01. The van der Waals surface area contributed by atoms with Gasteiger partial charge in [-0.3, -0.25) is 9.59 Å². The van der Waals surface area contributed by atoms with E-state index in [2.05, 4.69) is 5.32 Å². The maximum atomic E-state index is 11.2. The van der Waals surface area contributed by atoms with Gasteiger partial charge >= 0.3 is 5.97 Å². The van der Waals surface area contributed by atoms with Gasteiger partial charge in [-0.1, -0.05) is 13.8 Å². The first-order valence-electron chi connectivity index (χ1n) is 4.94. The molecule has 0 saturated heterocycles. The molecule has 0 aromatic heterocycles. The Hall–Kier alpha value is -1.10. The molecule has 0 bridgehead atoms. The van der Waals surface area contributed by atoms with Crippen molar-refractivity contribution in [3.8, 4) is 0 Å². The quantitative estimate of drug-likeness (QED) is 0.600. The number of carboxylic acid groups (broad SMARTS) is 1. The molecule has 0 aromatic rings. The SMILES string of the molecule is CC(C)CC(=O)NCC(C)(O)CC(=O)O. The average molecular weight is 217 g/mol. The summed E-state index contributed by atoms with van der Waals surface area (Å²) in [7, 11) is 0. The van der Waals surface area contributed by atoms with E-state index in [4.69, 9.17) is 5.11 Å². The average Bonchev–Trinajstić information content (AvgIpc) is 1.97. The van der Waals surface area contributed by atoms with Crippen LogP contribution in [-0.2, 0) is 9.59 Å². The standard InChI is InChI=1S/C10H19NO4/c1-7(2)4-8(12)11-6-10(3,15)5-9(13)14/h7,15H,4-6H2,1-3H3,(H,11,12)(H,13,14). The van der Waals surface area contributed by atoms with E-state index in [1.165, 1.54) is 6.92 Å². The summed E-state index contributed by atoms with van der Waals surface area (Å²) in [5, 5.41) is 20.6. The van der Waals surface area contributed by atoms with Crippen molar-refractivity contribution in [3.05, 3.63) is 0 Å². The Labute approximate surface area is 89.5 Å². The molecular formula is C10H19NO4. The summed E-state index contributed by atoms with van der Waals surface area (Å²) >= 11 is 0. The van der Waals surface area contributed by atoms with Crippen molar-refractivity contribution in [1.82, 2.24) is 5.32 Å². The normalized spacial score (nSPS) is 14.7. The second-order valence-corrected chi connectivity index (χ2v) is 4.44. The van der Waals surface area contributed by atoms with Crippen molar-refractivity contribution in [2.45, 2.75) is 39.2 Å². The van der Waals surface area contributed by atoms with Gasteiger partial charge in [0.05, 0.1) is 12.0 Å². The minimum Gasteiger partial charge on any atom is -0.481 e. The Kier molecular flexibility index (Phi) is 5.28. The zero-order chi connectivity index (χ0) is 12.1. The van der Waals surface area contributed by atoms with E-state index in [-0.39, 0.29) is 24.8 Å². The lowest BCUT2D eigenvalue weighted by molar-refractivity contribution is -0.142. The van der Waals surface area contributed by atoms with Crippen LogP contribution < -0.4 is 5.32 Å². The van der Waals surface area contributed by atoms with Crippen LogP contribution in [0.5, 0.6) is 0 Å². The summed E-state index contributed by atoms with van der Waals surface area (Å²) < 4.78 is 0. The van der Waals surface area contributed by atoms with Gasteiger partial charge in [-0.15, -0.1) is 0 Å². The molecule has 5 nitrogen and oxygen atoms in total. The molecule has 0 radical (unpaired) electrons. The Morgan fingerprint density at radius 1 is 1.40 bits per heavy atom. The lowest BCUT2D eigenvalue weighted by Gasteiger charge is -2.21. The molecule has 0 aliphatic heterocycles. The molecule has 1 amide bonds. The van der Waals surface area contributed by atoms with Crippen molar-refractivity contribution in [1.29, 1.82) is 0 Å². The van der Waals surface area contributed by atoms with Gasteiger partial charge in [-0.05, 0) is 12.8 Å². The molecule has 0 aliphatic rings. The largest absolute Gasteiger partial charge is 0.481 e. The third-order valence-corrected chi connectivity index (χ3v) is 1.79. The smallest absolute Gasteiger partial charge is 0.306 e. The van der Waals surface area contributed by atoms with E-state index >= 15 is 0 Å². The van der Waals surface area contributed by atoms with E-state index < -0.39 is 11.6 Å². The second-order valence-electron chi connectivity index (χ2n) is 4.44. The van der Waals surface area contributed by atoms with Crippen molar-refractivity contribution in [3.63, 3.8) is 0 Å². The van der Waals surface area contributed by atoms with Gasteiger partial charge in [0.25, 0.3) is 0 Å². The zero-order valence-corrected chi connectivity index (χ0v) is 9.41. The number of carboxylic acids is 1. The molecule has 15 heavy (non-hydrogen) atoms. The highest BCUT2D eigenvalue weighted by molar-refractivity contribution is 5.76. The Balaban J connectivity index is 3.92. The molecule has 1 unspecified atom stereocenters. The minimum absolute atomic E-state index is 0.0369. The number of hydrogen-bond donors (Lipinski definition) is 3. The van der Waals surface area contributed by atoms with Crippen LogP contribution in [0.4, 0.5) is 0 Å². The zero-order valence-electron chi connectivity index (χ0n) is 9.41. The van der Waals surface area contributed by atoms with Crippen molar-refractivity contribution >= 4 is 11.9 Å². The summed E-state index contributed by atoms with van der Waals surface area (Å²) in [5.41, 5.74) is -1.39. The molecule has 5 heteroatoms. The minimum atomic E-state index is -1.39. The number of carbonyl (C=O) groups excluding carboxylic acids is 1.